The fourth-order valence-corrected chi connectivity index (χ4v) is 6.44. The Labute approximate surface area is 214 Å². The van der Waals surface area contributed by atoms with Gasteiger partial charge in [-0.3, -0.25) is 4.90 Å². The van der Waals surface area contributed by atoms with E-state index in [4.69, 9.17) is 15.2 Å². The van der Waals surface area contributed by atoms with Crippen LogP contribution in [0, 0.1) is 17.1 Å². The lowest BCUT2D eigenvalue weighted by atomic mass is 9.84. The molecule has 37 heavy (non-hydrogen) atoms. The fraction of sp³-hybridized carbons (Fsp3) is 0.481. The number of hydrogen-bond donors (Lipinski definition) is 1. The maximum atomic E-state index is 14.7. The molecule has 0 amide bonds. The van der Waals surface area contributed by atoms with Crippen LogP contribution in [0.3, 0.4) is 0 Å². The average molecular weight is 504 g/mol. The van der Waals surface area contributed by atoms with Gasteiger partial charge in [0.2, 0.25) is 0 Å². The second-order valence-electron chi connectivity index (χ2n) is 10.9. The van der Waals surface area contributed by atoms with E-state index in [1.807, 2.05) is 13.0 Å². The minimum Gasteiger partial charge on any atom is -0.370 e. The number of morpholine rings is 1. The molecule has 192 valence electrons. The van der Waals surface area contributed by atoms with Gasteiger partial charge in [-0.15, -0.1) is 0 Å². The standard InChI is InChI=1S/C27H30FN7O2/c1-17-9-34(25-5-3-21(7-29)35-26(25)24(28)8-31-35)13-22(37-17)12-32-15-27(16-32)23-4-2-20(6-18(23)14-36-27)33-10-19(30)11-33/h2-6,8,17,19,22H,9-16,30H2,1H3/t17-,22+/m1/s1. The summed E-state index contributed by atoms with van der Waals surface area (Å²) in [4.78, 5) is 6.85. The monoisotopic (exact) mass is 503 g/mol. The highest BCUT2D eigenvalue weighted by Crippen LogP contribution is 2.45. The molecular formula is C27H30FN7O2. The SMILES string of the molecule is C[C@@H]1CN(c2ccc(C#N)n3ncc(F)c23)C[C@H](CN2CC3(C2)OCc2cc(N4CC(N)C4)ccc23)O1. The molecule has 3 aromatic rings. The molecule has 3 fully saturated rings. The first kappa shape index (κ1) is 22.9. The van der Waals surface area contributed by atoms with Crippen molar-refractivity contribution >= 4 is 16.9 Å². The van der Waals surface area contributed by atoms with Gasteiger partial charge in [0.1, 0.15) is 22.9 Å². The Hall–Kier alpha value is -3.23. The van der Waals surface area contributed by atoms with E-state index in [1.165, 1.54) is 27.5 Å². The molecule has 1 aromatic carbocycles. The van der Waals surface area contributed by atoms with Gasteiger partial charge in [-0.1, -0.05) is 6.07 Å². The number of anilines is 2. The number of rotatable bonds is 4. The lowest BCUT2D eigenvalue weighted by Crippen LogP contribution is -2.62. The van der Waals surface area contributed by atoms with E-state index >= 15 is 0 Å². The summed E-state index contributed by atoms with van der Waals surface area (Å²) < 4.78 is 28.7. The van der Waals surface area contributed by atoms with Gasteiger partial charge in [-0.2, -0.15) is 10.4 Å². The molecule has 3 saturated heterocycles. The molecule has 10 heteroatoms. The van der Waals surface area contributed by atoms with Gasteiger partial charge in [0, 0.05) is 57.5 Å². The van der Waals surface area contributed by atoms with Crippen LogP contribution in [0.15, 0.2) is 36.5 Å². The molecule has 4 aliphatic rings. The zero-order chi connectivity index (χ0) is 25.3. The van der Waals surface area contributed by atoms with Crippen LogP contribution in [0.5, 0.6) is 0 Å². The first-order chi connectivity index (χ1) is 17.9. The number of fused-ring (bicyclic) bond motifs is 3. The maximum absolute atomic E-state index is 14.7. The third kappa shape index (κ3) is 3.68. The van der Waals surface area contributed by atoms with Crippen LogP contribution < -0.4 is 15.5 Å². The number of hydrogen-bond acceptors (Lipinski definition) is 8. The number of halogens is 1. The van der Waals surface area contributed by atoms with Crippen molar-refractivity contribution in [1.82, 2.24) is 14.5 Å². The summed E-state index contributed by atoms with van der Waals surface area (Å²) in [5.41, 5.74) is 10.9. The van der Waals surface area contributed by atoms with E-state index in [-0.39, 0.29) is 23.9 Å². The Morgan fingerprint density at radius 1 is 1.16 bits per heavy atom. The van der Waals surface area contributed by atoms with Crippen LogP contribution >= 0.6 is 0 Å². The van der Waals surface area contributed by atoms with Crippen LogP contribution in [0.1, 0.15) is 23.7 Å². The molecule has 1 spiro atoms. The molecule has 0 saturated carbocycles. The van der Waals surface area contributed by atoms with Crippen LogP contribution in [-0.2, 0) is 21.7 Å². The fourth-order valence-electron chi connectivity index (χ4n) is 6.44. The van der Waals surface area contributed by atoms with Crippen LogP contribution in [-0.4, -0.2) is 78.6 Å². The number of nitrogens with two attached hydrogens (primary N) is 1. The molecule has 2 aromatic heterocycles. The summed E-state index contributed by atoms with van der Waals surface area (Å²) in [5.74, 6) is -0.426. The number of pyridine rings is 1. The Bertz CT molecular complexity index is 1410. The van der Waals surface area contributed by atoms with Crippen molar-refractivity contribution in [3.05, 3.63) is 59.2 Å². The van der Waals surface area contributed by atoms with Gasteiger partial charge in [0.25, 0.3) is 0 Å². The molecule has 7 rings (SSSR count). The van der Waals surface area contributed by atoms with Gasteiger partial charge >= 0.3 is 0 Å². The molecule has 6 heterocycles. The minimum atomic E-state index is -0.426. The van der Waals surface area contributed by atoms with E-state index in [0.29, 0.717) is 30.9 Å². The van der Waals surface area contributed by atoms with Gasteiger partial charge in [-0.25, -0.2) is 8.91 Å². The largest absolute Gasteiger partial charge is 0.370 e. The van der Waals surface area contributed by atoms with E-state index < -0.39 is 5.82 Å². The van der Waals surface area contributed by atoms with Crippen molar-refractivity contribution in [3.8, 4) is 6.07 Å². The number of ether oxygens (including phenoxy) is 2. The Morgan fingerprint density at radius 3 is 2.78 bits per heavy atom. The van der Waals surface area contributed by atoms with Crippen molar-refractivity contribution in [2.45, 2.75) is 37.4 Å². The molecule has 0 radical (unpaired) electrons. The molecule has 0 unspecified atom stereocenters. The van der Waals surface area contributed by atoms with Crippen molar-refractivity contribution in [2.24, 2.45) is 5.73 Å². The molecule has 4 aliphatic heterocycles. The maximum Gasteiger partial charge on any atom is 0.171 e. The average Bonchev–Trinajstić information content (AvgIpc) is 3.42. The zero-order valence-electron chi connectivity index (χ0n) is 20.8. The summed E-state index contributed by atoms with van der Waals surface area (Å²) in [6.07, 6.45) is 1.13. The van der Waals surface area contributed by atoms with Crippen LogP contribution in [0.2, 0.25) is 0 Å². The second-order valence-corrected chi connectivity index (χ2v) is 10.9. The predicted octanol–water partition coefficient (Wildman–Crippen LogP) is 1.83. The number of aromatic nitrogens is 2. The van der Waals surface area contributed by atoms with Crippen molar-refractivity contribution in [1.29, 1.82) is 5.26 Å². The van der Waals surface area contributed by atoms with Crippen molar-refractivity contribution in [3.63, 3.8) is 0 Å². The lowest BCUT2D eigenvalue weighted by molar-refractivity contribution is -0.155. The van der Waals surface area contributed by atoms with Gasteiger partial charge in [-0.05, 0) is 42.3 Å². The molecular weight excluding hydrogens is 473 g/mol. The second kappa shape index (κ2) is 8.39. The van der Waals surface area contributed by atoms with Gasteiger partial charge < -0.3 is 25.0 Å². The van der Waals surface area contributed by atoms with Gasteiger partial charge in [0.05, 0.1) is 30.7 Å². The Balaban J connectivity index is 1.04. The van der Waals surface area contributed by atoms with Crippen molar-refractivity contribution < 1.29 is 13.9 Å². The molecule has 0 aliphatic carbocycles. The first-order valence-corrected chi connectivity index (χ1v) is 12.9. The van der Waals surface area contributed by atoms with E-state index in [1.54, 1.807) is 6.07 Å². The summed E-state index contributed by atoms with van der Waals surface area (Å²) in [7, 11) is 0. The Kier molecular flexibility index (Phi) is 5.20. The molecule has 2 atom stereocenters. The quantitative estimate of drug-likeness (QED) is 0.576. The summed E-state index contributed by atoms with van der Waals surface area (Å²) >= 11 is 0. The normalized spacial score (nSPS) is 25.2. The topological polar surface area (TPSA) is 95.3 Å². The molecule has 2 N–H and O–H groups in total. The highest BCUT2D eigenvalue weighted by atomic mass is 19.1. The van der Waals surface area contributed by atoms with Crippen LogP contribution in [0.4, 0.5) is 15.8 Å². The summed E-state index contributed by atoms with van der Waals surface area (Å²) in [6.45, 7) is 8.25. The van der Waals surface area contributed by atoms with E-state index in [0.717, 1.165) is 38.4 Å². The van der Waals surface area contributed by atoms with Crippen LogP contribution in [0.25, 0.3) is 5.52 Å². The zero-order valence-corrected chi connectivity index (χ0v) is 20.8. The number of nitriles is 1. The minimum absolute atomic E-state index is 0.00726. The number of benzene rings is 1. The first-order valence-electron chi connectivity index (χ1n) is 12.9. The third-order valence-corrected chi connectivity index (χ3v) is 8.15. The smallest absolute Gasteiger partial charge is 0.171 e. The van der Waals surface area contributed by atoms with E-state index in [9.17, 15) is 9.65 Å². The summed E-state index contributed by atoms with van der Waals surface area (Å²) in [6, 6.07) is 12.6. The Morgan fingerprint density at radius 2 is 2.00 bits per heavy atom. The van der Waals surface area contributed by atoms with Gasteiger partial charge in [0.15, 0.2) is 5.82 Å². The lowest BCUT2D eigenvalue weighted by Gasteiger charge is -2.50. The predicted molar refractivity (Wildman–Crippen MR) is 136 cm³/mol. The highest BCUT2D eigenvalue weighted by Gasteiger charge is 2.50. The highest BCUT2D eigenvalue weighted by molar-refractivity contribution is 5.74. The summed E-state index contributed by atoms with van der Waals surface area (Å²) in [5, 5.41) is 13.5. The third-order valence-electron chi connectivity index (χ3n) is 8.15. The molecule has 9 nitrogen and oxygen atoms in total. The number of likely N-dealkylation sites (tertiary alicyclic amines) is 1. The molecule has 0 bridgehead atoms. The van der Waals surface area contributed by atoms with E-state index in [2.05, 4.69) is 44.1 Å². The number of nitrogens with zero attached hydrogens (tertiary/aromatic N) is 6. The van der Waals surface area contributed by atoms with Crippen molar-refractivity contribution in [2.75, 3.05) is 55.6 Å².